The normalized spacial score (nSPS) is 18.9. The van der Waals surface area contributed by atoms with Crippen molar-refractivity contribution in [2.75, 3.05) is 0 Å². The van der Waals surface area contributed by atoms with Crippen LogP contribution in [-0.2, 0) is 19.4 Å². The second-order valence-electron chi connectivity index (χ2n) is 4.75. The Balaban J connectivity index is 1.75. The third kappa shape index (κ3) is 2.82. The summed E-state index contributed by atoms with van der Waals surface area (Å²) >= 11 is 0. The summed E-state index contributed by atoms with van der Waals surface area (Å²) in [6, 6.07) is 7.66. The zero-order valence-electron chi connectivity index (χ0n) is 10.4. The molecule has 20 heavy (non-hydrogen) atoms. The van der Waals surface area contributed by atoms with Crippen molar-refractivity contribution >= 4 is 0 Å². The van der Waals surface area contributed by atoms with Gasteiger partial charge in [0.05, 0.1) is 6.04 Å². The number of nitrogens with zero attached hydrogens (tertiary/aromatic N) is 2. The Bertz CT molecular complexity index is 609. The maximum atomic E-state index is 12.3. The van der Waals surface area contributed by atoms with Gasteiger partial charge in [0.15, 0.2) is 5.82 Å². The van der Waals surface area contributed by atoms with Gasteiger partial charge in [0.2, 0.25) is 5.89 Å². The summed E-state index contributed by atoms with van der Waals surface area (Å²) in [5, 5.41) is 6.58. The van der Waals surface area contributed by atoms with Crippen LogP contribution >= 0.6 is 0 Å². The van der Waals surface area contributed by atoms with Crippen LogP contribution in [0.25, 0.3) is 0 Å². The van der Waals surface area contributed by atoms with Crippen molar-refractivity contribution in [2.24, 2.45) is 0 Å². The molecule has 0 radical (unpaired) electrons. The summed E-state index contributed by atoms with van der Waals surface area (Å²) in [5.41, 5.74) is 2.32. The Morgan fingerprint density at radius 2 is 2.00 bits per heavy atom. The van der Waals surface area contributed by atoms with E-state index >= 15 is 0 Å². The average molecular weight is 283 g/mol. The van der Waals surface area contributed by atoms with Crippen molar-refractivity contribution < 1.29 is 17.7 Å². The number of hydrogen-bond acceptors (Lipinski definition) is 4. The molecule has 3 rings (SSSR count). The number of hydrogen-bond donors (Lipinski definition) is 1. The number of aromatic nitrogens is 2. The molecule has 2 aromatic rings. The SMILES string of the molecule is FC(F)(F)Cc1noc([C@H]2Cc3ccccc3CN2)n1. The van der Waals surface area contributed by atoms with E-state index in [0.29, 0.717) is 13.0 Å². The molecule has 1 N–H and O–H groups in total. The largest absolute Gasteiger partial charge is 0.396 e. The van der Waals surface area contributed by atoms with E-state index in [1.807, 2.05) is 24.3 Å². The molecule has 0 saturated carbocycles. The van der Waals surface area contributed by atoms with E-state index in [4.69, 9.17) is 4.52 Å². The third-order valence-corrected chi connectivity index (χ3v) is 3.22. The Kier molecular flexibility index (Phi) is 3.21. The van der Waals surface area contributed by atoms with Crippen molar-refractivity contribution in [3.8, 4) is 0 Å². The van der Waals surface area contributed by atoms with Gasteiger partial charge in [-0.1, -0.05) is 29.4 Å². The molecule has 7 heteroatoms. The Hall–Kier alpha value is -1.89. The molecule has 1 aliphatic rings. The highest BCUT2D eigenvalue weighted by molar-refractivity contribution is 5.30. The second-order valence-corrected chi connectivity index (χ2v) is 4.75. The molecule has 1 aromatic carbocycles. The molecular weight excluding hydrogens is 271 g/mol. The molecule has 0 amide bonds. The molecule has 1 aromatic heterocycles. The van der Waals surface area contributed by atoms with Gasteiger partial charge in [-0.05, 0) is 17.5 Å². The lowest BCUT2D eigenvalue weighted by Crippen LogP contribution is -2.28. The Morgan fingerprint density at radius 3 is 2.75 bits per heavy atom. The average Bonchev–Trinajstić information content (AvgIpc) is 2.84. The van der Waals surface area contributed by atoms with Gasteiger partial charge in [-0.2, -0.15) is 18.2 Å². The Labute approximate surface area is 113 Å². The summed E-state index contributed by atoms with van der Waals surface area (Å²) in [4.78, 5) is 3.83. The molecule has 0 spiro atoms. The van der Waals surface area contributed by atoms with Gasteiger partial charge in [-0.15, -0.1) is 0 Å². The fourth-order valence-corrected chi connectivity index (χ4v) is 2.29. The van der Waals surface area contributed by atoms with Crippen molar-refractivity contribution in [3.05, 3.63) is 47.1 Å². The van der Waals surface area contributed by atoms with Gasteiger partial charge in [0.25, 0.3) is 0 Å². The van der Waals surface area contributed by atoms with Crippen molar-refractivity contribution in [1.29, 1.82) is 0 Å². The van der Waals surface area contributed by atoms with E-state index in [-0.39, 0.29) is 17.8 Å². The lowest BCUT2D eigenvalue weighted by atomic mass is 9.96. The fraction of sp³-hybridized carbons (Fsp3) is 0.385. The first-order valence-corrected chi connectivity index (χ1v) is 6.21. The smallest absolute Gasteiger partial charge is 0.338 e. The number of rotatable bonds is 2. The zero-order chi connectivity index (χ0) is 14.2. The standard InChI is InChI=1S/C13H12F3N3O/c14-13(15,16)6-11-18-12(20-19-11)10-5-8-3-1-2-4-9(8)7-17-10/h1-4,10,17H,5-7H2/t10-/m1/s1. The third-order valence-electron chi connectivity index (χ3n) is 3.22. The van der Waals surface area contributed by atoms with Gasteiger partial charge in [0, 0.05) is 6.54 Å². The van der Waals surface area contributed by atoms with Crippen LogP contribution < -0.4 is 5.32 Å². The van der Waals surface area contributed by atoms with E-state index in [0.717, 1.165) is 5.56 Å². The van der Waals surface area contributed by atoms with Gasteiger partial charge in [-0.25, -0.2) is 0 Å². The summed E-state index contributed by atoms with van der Waals surface area (Å²) in [6.45, 7) is 0.637. The molecule has 4 nitrogen and oxygen atoms in total. The number of benzene rings is 1. The van der Waals surface area contributed by atoms with Gasteiger partial charge in [0.1, 0.15) is 6.42 Å². The first kappa shape index (κ1) is 13.1. The highest BCUT2D eigenvalue weighted by Crippen LogP contribution is 2.26. The molecule has 2 heterocycles. The molecule has 106 valence electrons. The van der Waals surface area contributed by atoms with Crippen LogP contribution in [0.1, 0.15) is 28.9 Å². The van der Waals surface area contributed by atoms with Crippen LogP contribution in [0.5, 0.6) is 0 Å². The predicted molar refractivity (Wildman–Crippen MR) is 63.8 cm³/mol. The van der Waals surface area contributed by atoms with Crippen LogP contribution in [0.3, 0.4) is 0 Å². The Morgan fingerprint density at radius 1 is 1.25 bits per heavy atom. The van der Waals surface area contributed by atoms with Crippen LogP contribution in [0.4, 0.5) is 13.2 Å². The van der Waals surface area contributed by atoms with Crippen molar-refractivity contribution in [1.82, 2.24) is 15.5 Å². The molecular formula is C13H12F3N3O. The van der Waals surface area contributed by atoms with E-state index in [2.05, 4.69) is 15.5 Å². The maximum absolute atomic E-state index is 12.3. The summed E-state index contributed by atoms with van der Waals surface area (Å²) in [7, 11) is 0. The lowest BCUT2D eigenvalue weighted by molar-refractivity contribution is -0.128. The molecule has 0 bridgehead atoms. The molecule has 0 unspecified atom stereocenters. The highest BCUT2D eigenvalue weighted by atomic mass is 19.4. The van der Waals surface area contributed by atoms with E-state index in [1.54, 1.807) is 0 Å². The second kappa shape index (κ2) is 4.90. The highest BCUT2D eigenvalue weighted by Gasteiger charge is 2.32. The lowest BCUT2D eigenvalue weighted by Gasteiger charge is -2.23. The van der Waals surface area contributed by atoms with Crippen molar-refractivity contribution in [2.45, 2.75) is 31.6 Å². The van der Waals surface area contributed by atoms with Gasteiger partial charge < -0.3 is 9.84 Å². The monoisotopic (exact) mass is 283 g/mol. The quantitative estimate of drug-likeness (QED) is 0.920. The number of alkyl halides is 3. The van der Waals surface area contributed by atoms with Gasteiger partial charge in [-0.3, -0.25) is 0 Å². The predicted octanol–water partition coefficient (Wildman–Crippen LogP) is 2.56. The van der Waals surface area contributed by atoms with E-state index in [9.17, 15) is 13.2 Å². The minimum absolute atomic E-state index is 0.207. The molecule has 1 atom stereocenters. The molecule has 1 aliphatic heterocycles. The fourth-order valence-electron chi connectivity index (χ4n) is 2.29. The summed E-state index contributed by atoms with van der Waals surface area (Å²) in [5.74, 6) is -0.119. The van der Waals surface area contributed by atoms with E-state index in [1.165, 1.54) is 5.56 Å². The number of fused-ring (bicyclic) bond motifs is 1. The molecule has 0 saturated heterocycles. The maximum Gasteiger partial charge on any atom is 0.396 e. The minimum Gasteiger partial charge on any atom is -0.338 e. The zero-order valence-corrected chi connectivity index (χ0v) is 10.4. The topological polar surface area (TPSA) is 51.0 Å². The number of halogens is 3. The summed E-state index contributed by atoms with van der Waals surface area (Å²) in [6.07, 6.45) is -4.86. The van der Waals surface area contributed by atoms with E-state index < -0.39 is 12.6 Å². The molecule has 0 aliphatic carbocycles. The van der Waals surface area contributed by atoms with Gasteiger partial charge >= 0.3 is 6.18 Å². The van der Waals surface area contributed by atoms with Crippen LogP contribution in [-0.4, -0.2) is 16.3 Å². The first-order valence-electron chi connectivity index (χ1n) is 6.21. The van der Waals surface area contributed by atoms with Crippen LogP contribution in [0.15, 0.2) is 28.8 Å². The molecule has 0 fully saturated rings. The minimum atomic E-state index is -4.33. The first-order chi connectivity index (χ1) is 9.51. The van der Waals surface area contributed by atoms with Crippen LogP contribution in [0, 0.1) is 0 Å². The van der Waals surface area contributed by atoms with Crippen molar-refractivity contribution in [3.63, 3.8) is 0 Å². The van der Waals surface area contributed by atoms with Crippen LogP contribution in [0.2, 0.25) is 0 Å². The number of nitrogens with one attached hydrogen (secondary N) is 1. The summed E-state index contributed by atoms with van der Waals surface area (Å²) < 4.78 is 41.7.